The van der Waals surface area contributed by atoms with Gasteiger partial charge in [0, 0.05) is 37.6 Å². The van der Waals surface area contributed by atoms with E-state index in [4.69, 9.17) is 11.6 Å². The van der Waals surface area contributed by atoms with Crippen molar-refractivity contribution in [3.63, 3.8) is 0 Å². The van der Waals surface area contributed by atoms with Crippen LogP contribution in [0.3, 0.4) is 0 Å². The monoisotopic (exact) mass is 515 g/mol. The van der Waals surface area contributed by atoms with Crippen molar-refractivity contribution in [1.82, 2.24) is 20.5 Å². The lowest BCUT2D eigenvalue weighted by Crippen LogP contribution is -2.43. The first-order valence-corrected chi connectivity index (χ1v) is 9.89. The van der Waals surface area contributed by atoms with Gasteiger partial charge in [0.1, 0.15) is 0 Å². The van der Waals surface area contributed by atoms with E-state index >= 15 is 0 Å². The molecule has 7 heteroatoms. The number of benzene rings is 1. The molecule has 0 aliphatic rings. The summed E-state index contributed by atoms with van der Waals surface area (Å²) < 4.78 is 0. The molecule has 1 unspecified atom stereocenters. The highest BCUT2D eigenvalue weighted by Gasteiger charge is 2.20. The van der Waals surface area contributed by atoms with E-state index < -0.39 is 0 Å². The van der Waals surface area contributed by atoms with Gasteiger partial charge in [0.25, 0.3) is 0 Å². The quantitative estimate of drug-likeness (QED) is 0.299. The van der Waals surface area contributed by atoms with Crippen LogP contribution in [0.25, 0.3) is 0 Å². The second-order valence-corrected chi connectivity index (χ2v) is 6.66. The minimum atomic E-state index is 0. The summed E-state index contributed by atoms with van der Waals surface area (Å²) >= 11 is 6.47. The Bertz CT molecular complexity index is 707. The molecule has 0 saturated carbocycles. The van der Waals surface area contributed by atoms with E-state index in [0.29, 0.717) is 0 Å². The van der Waals surface area contributed by atoms with E-state index in [0.717, 1.165) is 49.1 Å². The maximum Gasteiger partial charge on any atom is 0.191 e. The average Bonchev–Trinajstić information content (AvgIpc) is 2.71. The third-order valence-corrected chi connectivity index (χ3v) is 4.98. The first-order chi connectivity index (χ1) is 13.2. The van der Waals surface area contributed by atoms with Gasteiger partial charge in [-0.25, -0.2) is 0 Å². The number of guanidine groups is 1. The molecule has 0 aliphatic heterocycles. The van der Waals surface area contributed by atoms with Crippen molar-refractivity contribution >= 4 is 41.5 Å². The number of nitrogens with one attached hydrogen (secondary N) is 2. The fourth-order valence-corrected chi connectivity index (χ4v) is 3.39. The Hall–Kier alpha value is -1.38. The Morgan fingerprint density at radius 2 is 1.89 bits per heavy atom. The van der Waals surface area contributed by atoms with Gasteiger partial charge in [-0.1, -0.05) is 49.7 Å². The fraction of sp³-hybridized carbons (Fsp3) is 0.429. The normalized spacial score (nSPS) is 12.4. The van der Waals surface area contributed by atoms with Crippen LogP contribution < -0.4 is 10.6 Å². The Labute approximate surface area is 191 Å². The Balaban J connectivity index is 0.00000392. The maximum atomic E-state index is 6.47. The van der Waals surface area contributed by atoms with Crippen molar-refractivity contribution in [2.75, 3.05) is 33.2 Å². The number of nitrogens with zero attached hydrogens (tertiary/aromatic N) is 3. The SMILES string of the molecule is CCN(CC)C(CNC(=NC)NCCc1cccnc1)c1ccccc1Cl.I. The van der Waals surface area contributed by atoms with Crippen LogP contribution in [0.1, 0.15) is 31.0 Å². The third-order valence-electron chi connectivity index (χ3n) is 4.63. The number of halogens is 2. The lowest BCUT2D eigenvalue weighted by Gasteiger charge is -2.31. The van der Waals surface area contributed by atoms with Crippen LogP contribution in [0.5, 0.6) is 0 Å². The van der Waals surface area contributed by atoms with E-state index in [-0.39, 0.29) is 30.0 Å². The van der Waals surface area contributed by atoms with Crippen LogP contribution in [0.15, 0.2) is 53.8 Å². The molecule has 0 saturated heterocycles. The summed E-state index contributed by atoms with van der Waals surface area (Å²) in [6.45, 7) is 7.80. The minimum absolute atomic E-state index is 0. The second kappa shape index (κ2) is 13.7. The predicted octanol–water partition coefficient (Wildman–Crippen LogP) is 4.14. The van der Waals surface area contributed by atoms with Crippen molar-refractivity contribution in [2.45, 2.75) is 26.3 Å². The van der Waals surface area contributed by atoms with Crippen LogP contribution in [0.2, 0.25) is 5.02 Å². The summed E-state index contributed by atoms with van der Waals surface area (Å²) in [6.07, 6.45) is 4.59. The topological polar surface area (TPSA) is 52.5 Å². The second-order valence-electron chi connectivity index (χ2n) is 6.25. The van der Waals surface area contributed by atoms with Crippen LogP contribution in [0, 0.1) is 0 Å². The molecule has 0 radical (unpaired) electrons. The molecule has 0 bridgehead atoms. The van der Waals surface area contributed by atoms with Gasteiger partial charge in [-0.05, 0) is 42.8 Å². The molecule has 2 aromatic rings. The number of aromatic nitrogens is 1. The Morgan fingerprint density at radius 3 is 2.50 bits per heavy atom. The number of hydrogen-bond donors (Lipinski definition) is 2. The molecule has 0 aliphatic carbocycles. The Kier molecular flexibility index (Phi) is 12.1. The van der Waals surface area contributed by atoms with Gasteiger partial charge in [-0.3, -0.25) is 14.9 Å². The molecule has 28 heavy (non-hydrogen) atoms. The molecule has 0 fully saturated rings. The van der Waals surface area contributed by atoms with E-state index in [1.165, 1.54) is 5.56 Å². The van der Waals surface area contributed by atoms with E-state index in [1.54, 1.807) is 13.2 Å². The molecule has 1 aromatic carbocycles. The summed E-state index contributed by atoms with van der Waals surface area (Å²) in [5.74, 6) is 0.795. The van der Waals surface area contributed by atoms with E-state index in [1.807, 2.05) is 30.5 Å². The molecule has 5 nitrogen and oxygen atoms in total. The van der Waals surface area contributed by atoms with Gasteiger partial charge >= 0.3 is 0 Å². The number of aliphatic imine (C=N–C) groups is 1. The molecule has 2 rings (SSSR count). The fourth-order valence-electron chi connectivity index (χ4n) is 3.13. The van der Waals surface area contributed by atoms with Gasteiger partial charge in [-0.15, -0.1) is 24.0 Å². The Morgan fingerprint density at radius 1 is 1.14 bits per heavy atom. The number of rotatable bonds is 9. The zero-order chi connectivity index (χ0) is 19.5. The summed E-state index contributed by atoms with van der Waals surface area (Å²) in [5, 5.41) is 7.63. The molecule has 0 spiro atoms. The van der Waals surface area contributed by atoms with Crippen LogP contribution >= 0.6 is 35.6 Å². The van der Waals surface area contributed by atoms with Gasteiger partial charge in [0.2, 0.25) is 0 Å². The molecular formula is C21H31ClIN5. The van der Waals surface area contributed by atoms with Gasteiger partial charge in [0.15, 0.2) is 5.96 Å². The zero-order valence-electron chi connectivity index (χ0n) is 16.9. The smallest absolute Gasteiger partial charge is 0.191 e. The zero-order valence-corrected chi connectivity index (χ0v) is 19.9. The van der Waals surface area contributed by atoms with E-state index in [9.17, 15) is 0 Å². The highest BCUT2D eigenvalue weighted by molar-refractivity contribution is 14.0. The summed E-state index contributed by atoms with van der Waals surface area (Å²) in [4.78, 5) is 10.9. The molecular weight excluding hydrogens is 485 g/mol. The van der Waals surface area contributed by atoms with Crippen molar-refractivity contribution in [3.8, 4) is 0 Å². The van der Waals surface area contributed by atoms with Gasteiger partial charge in [0.05, 0.1) is 6.04 Å². The largest absolute Gasteiger partial charge is 0.356 e. The van der Waals surface area contributed by atoms with Crippen molar-refractivity contribution in [3.05, 3.63) is 64.9 Å². The standard InChI is InChI=1S/C21H30ClN5.HI/c1-4-27(5-2)20(18-10-6-7-11-19(18)22)16-26-21(23-3)25-14-12-17-9-8-13-24-15-17;/h6-11,13,15,20H,4-5,12,14,16H2,1-3H3,(H2,23,25,26);1H. The summed E-state index contributed by atoms with van der Waals surface area (Å²) in [7, 11) is 1.79. The summed E-state index contributed by atoms with van der Waals surface area (Å²) in [6, 6.07) is 12.3. The van der Waals surface area contributed by atoms with Crippen LogP contribution in [0.4, 0.5) is 0 Å². The first-order valence-electron chi connectivity index (χ1n) is 9.51. The lowest BCUT2D eigenvalue weighted by atomic mass is 10.0. The van der Waals surface area contributed by atoms with Gasteiger partial charge < -0.3 is 10.6 Å². The first kappa shape index (κ1) is 24.7. The highest BCUT2D eigenvalue weighted by atomic mass is 127. The van der Waals surface area contributed by atoms with Crippen LogP contribution in [-0.2, 0) is 6.42 Å². The number of pyridine rings is 1. The molecule has 2 N–H and O–H groups in total. The van der Waals surface area contributed by atoms with E-state index in [2.05, 4.69) is 51.5 Å². The molecule has 1 atom stereocenters. The third kappa shape index (κ3) is 7.56. The summed E-state index contributed by atoms with van der Waals surface area (Å²) in [5.41, 5.74) is 2.35. The maximum absolute atomic E-state index is 6.47. The minimum Gasteiger partial charge on any atom is -0.356 e. The predicted molar refractivity (Wildman–Crippen MR) is 130 cm³/mol. The molecule has 1 heterocycles. The van der Waals surface area contributed by atoms with Crippen molar-refractivity contribution in [2.24, 2.45) is 4.99 Å². The van der Waals surface area contributed by atoms with Crippen LogP contribution in [-0.4, -0.2) is 49.1 Å². The van der Waals surface area contributed by atoms with Gasteiger partial charge in [-0.2, -0.15) is 0 Å². The number of likely N-dealkylation sites (N-methyl/N-ethyl adjacent to an activating group) is 1. The molecule has 1 aromatic heterocycles. The lowest BCUT2D eigenvalue weighted by molar-refractivity contribution is 0.219. The highest BCUT2D eigenvalue weighted by Crippen LogP contribution is 2.26. The number of hydrogen-bond acceptors (Lipinski definition) is 3. The molecule has 0 amide bonds. The molecule has 154 valence electrons. The van der Waals surface area contributed by atoms with Crippen molar-refractivity contribution < 1.29 is 0 Å². The average molecular weight is 516 g/mol. The van der Waals surface area contributed by atoms with Crippen molar-refractivity contribution in [1.29, 1.82) is 0 Å².